The average molecular weight is 242 g/mol. The van der Waals surface area contributed by atoms with Gasteiger partial charge in [0.15, 0.2) is 9.84 Å². The molecular weight excluding hydrogens is 228 g/mol. The van der Waals surface area contributed by atoms with Crippen LogP contribution in [0, 0.1) is 0 Å². The first kappa shape index (κ1) is 11.3. The number of hydrogen-bond donors (Lipinski definition) is 1. The molecule has 1 fully saturated rings. The molecule has 16 heavy (non-hydrogen) atoms. The smallest absolute Gasteiger partial charge is 0.153 e. The van der Waals surface area contributed by atoms with E-state index in [2.05, 4.69) is 4.98 Å². The second-order valence-electron chi connectivity index (χ2n) is 3.80. The summed E-state index contributed by atoms with van der Waals surface area (Å²) in [5.74, 6) is 0.396. The first-order chi connectivity index (χ1) is 7.61. The van der Waals surface area contributed by atoms with Crippen LogP contribution in [0.4, 0.5) is 5.69 Å². The third kappa shape index (κ3) is 2.51. The Balaban J connectivity index is 2.13. The zero-order chi connectivity index (χ0) is 11.6. The van der Waals surface area contributed by atoms with Crippen LogP contribution in [-0.2, 0) is 16.4 Å². The zero-order valence-electron chi connectivity index (χ0n) is 8.83. The highest BCUT2D eigenvalue weighted by Crippen LogP contribution is 2.17. The minimum atomic E-state index is -2.85. The first-order valence-electron chi connectivity index (χ1n) is 5.12. The maximum absolute atomic E-state index is 11.3. The Morgan fingerprint density at radius 2 is 2.06 bits per heavy atom. The number of hydrogen-bond acceptors (Lipinski definition) is 5. The van der Waals surface area contributed by atoms with Crippen molar-refractivity contribution in [1.29, 1.82) is 0 Å². The van der Waals surface area contributed by atoms with Crippen LogP contribution >= 0.6 is 0 Å². The van der Waals surface area contributed by atoms with Gasteiger partial charge in [0.25, 0.3) is 0 Å². The van der Waals surface area contributed by atoms with E-state index in [1.54, 1.807) is 12.3 Å². The largest absolute Gasteiger partial charge is 0.390 e. The van der Waals surface area contributed by atoms with Gasteiger partial charge in [0, 0.05) is 25.0 Å². The second-order valence-corrected chi connectivity index (χ2v) is 6.11. The van der Waals surface area contributed by atoms with Gasteiger partial charge in [-0.25, -0.2) is 8.42 Å². The van der Waals surface area contributed by atoms with Crippen LogP contribution in [0.3, 0.4) is 0 Å². The van der Waals surface area contributed by atoms with Crippen molar-refractivity contribution in [2.45, 2.75) is 6.61 Å². The molecule has 2 heterocycles. The molecule has 0 spiro atoms. The number of rotatable bonds is 2. The quantitative estimate of drug-likeness (QED) is 0.778. The first-order valence-corrected chi connectivity index (χ1v) is 6.94. The molecule has 88 valence electrons. The van der Waals surface area contributed by atoms with Crippen LogP contribution in [-0.4, -0.2) is 43.1 Å². The van der Waals surface area contributed by atoms with Gasteiger partial charge >= 0.3 is 0 Å². The predicted octanol–water partition coefficient (Wildman–Crippen LogP) is -0.191. The molecule has 1 saturated heterocycles. The van der Waals surface area contributed by atoms with Gasteiger partial charge in [0.05, 0.1) is 23.8 Å². The fourth-order valence-corrected chi connectivity index (χ4v) is 2.92. The number of nitrogens with zero attached hydrogens (tertiary/aromatic N) is 2. The Labute approximate surface area is 94.6 Å². The maximum Gasteiger partial charge on any atom is 0.153 e. The number of anilines is 1. The summed E-state index contributed by atoms with van der Waals surface area (Å²) in [5.41, 5.74) is 1.53. The van der Waals surface area contributed by atoms with Crippen LogP contribution in [0.25, 0.3) is 0 Å². The molecule has 1 aromatic heterocycles. The standard InChI is InChI=1S/C10H14N2O3S/c13-8-9-7-10(1-2-11-9)12-3-5-16(14,15)6-4-12/h1-2,7,13H,3-6,8H2. The summed E-state index contributed by atoms with van der Waals surface area (Å²) < 4.78 is 22.5. The van der Waals surface area contributed by atoms with Crippen molar-refractivity contribution in [3.8, 4) is 0 Å². The van der Waals surface area contributed by atoms with Crippen molar-refractivity contribution in [3.05, 3.63) is 24.0 Å². The van der Waals surface area contributed by atoms with Gasteiger partial charge in [0.2, 0.25) is 0 Å². The molecule has 0 bridgehead atoms. The van der Waals surface area contributed by atoms with Gasteiger partial charge in [-0.1, -0.05) is 0 Å². The zero-order valence-corrected chi connectivity index (χ0v) is 9.65. The molecule has 2 rings (SSSR count). The molecule has 0 aromatic carbocycles. The number of aliphatic hydroxyl groups is 1. The van der Waals surface area contributed by atoms with E-state index in [1.165, 1.54) is 0 Å². The fourth-order valence-electron chi connectivity index (χ4n) is 1.72. The van der Waals surface area contributed by atoms with Crippen molar-refractivity contribution in [2.24, 2.45) is 0 Å². The highest BCUT2D eigenvalue weighted by Gasteiger charge is 2.21. The van der Waals surface area contributed by atoms with Gasteiger partial charge in [-0.05, 0) is 12.1 Å². The topological polar surface area (TPSA) is 70.5 Å². The van der Waals surface area contributed by atoms with Crippen LogP contribution in [0.15, 0.2) is 18.3 Å². The molecule has 0 aliphatic carbocycles. The van der Waals surface area contributed by atoms with Crippen molar-refractivity contribution < 1.29 is 13.5 Å². The third-order valence-corrected chi connectivity index (χ3v) is 4.28. The van der Waals surface area contributed by atoms with E-state index in [1.807, 2.05) is 11.0 Å². The lowest BCUT2D eigenvalue weighted by Gasteiger charge is -2.28. The summed E-state index contributed by atoms with van der Waals surface area (Å²) in [7, 11) is -2.85. The van der Waals surface area contributed by atoms with Crippen molar-refractivity contribution >= 4 is 15.5 Å². The molecule has 0 unspecified atom stereocenters. The van der Waals surface area contributed by atoms with E-state index < -0.39 is 9.84 Å². The minimum absolute atomic E-state index is 0.0972. The van der Waals surface area contributed by atoms with Crippen LogP contribution < -0.4 is 4.90 Å². The normalized spacial score (nSPS) is 19.7. The van der Waals surface area contributed by atoms with Crippen molar-refractivity contribution in [3.63, 3.8) is 0 Å². The van der Waals surface area contributed by atoms with Gasteiger partial charge in [0.1, 0.15) is 0 Å². The van der Waals surface area contributed by atoms with E-state index in [0.717, 1.165) is 5.69 Å². The lowest BCUT2D eigenvalue weighted by molar-refractivity contribution is 0.277. The van der Waals surface area contributed by atoms with E-state index in [-0.39, 0.29) is 18.1 Å². The van der Waals surface area contributed by atoms with E-state index in [4.69, 9.17) is 5.11 Å². The second kappa shape index (κ2) is 4.39. The Hall–Kier alpha value is -1.14. The number of aromatic nitrogens is 1. The lowest BCUT2D eigenvalue weighted by Crippen LogP contribution is -2.40. The Morgan fingerprint density at radius 1 is 1.38 bits per heavy atom. The maximum atomic E-state index is 11.3. The lowest BCUT2D eigenvalue weighted by atomic mass is 10.3. The monoisotopic (exact) mass is 242 g/mol. The van der Waals surface area contributed by atoms with Gasteiger partial charge < -0.3 is 10.0 Å². The summed E-state index contributed by atoms with van der Waals surface area (Å²) in [6.07, 6.45) is 1.63. The van der Waals surface area contributed by atoms with Crippen molar-refractivity contribution in [1.82, 2.24) is 4.98 Å². The fraction of sp³-hybridized carbons (Fsp3) is 0.500. The van der Waals surface area contributed by atoms with E-state index in [0.29, 0.717) is 18.8 Å². The molecule has 0 atom stereocenters. The molecule has 6 heteroatoms. The minimum Gasteiger partial charge on any atom is -0.390 e. The summed E-state index contributed by atoms with van der Waals surface area (Å²) >= 11 is 0. The third-order valence-electron chi connectivity index (χ3n) is 2.67. The molecular formula is C10H14N2O3S. The molecule has 1 aliphatic rings. The molecule has 1 aliphatic heterocycles. The van der Waals surface area contributed by atoms with Crippen LogP contribution in [0.5, 0.6) is 0 Å². The summed E-state index contributed by atoms with van der Waals surface area (Å²) in [6.45, 7) is 0.925. The molecule has 1 N–H and O–H groups in total. The van der Waals surface area contributed by atoms with Crippen LogP contribution in [0.2, 0.25) is 0 Å². The Kier molecular flexibility index (Phi) is 3.11. The SMILES string of the molecule is O=S1(=O)CCN(c2ccnc(CO)c2)CC1. The molecule has 0 amide bonds. The molecule has 1 aromatic rings. The predicted molar refractivity (Wildman–Crippen MR) is 61.0 cm³/mol. The van der Waals surface area contributed by atoms with Gasteiger partial charge in [-0.2, -0.15) is 0 Å². The highest BCUT2D eigenvalue weighted by atomic mass is 32.2. The summed E-state index contributed by atoms with van der Waals surface area (Å²) in [5, 5.41) is 8.97. The van der Waals surface area contributed by atoms with Gasteiger partial charge in [-0.15, -0.1) is 0 Å². The molecule has 0 radical (unpaired) electrons. The Bertz CT molecular complexity index is 459. The van der Waals surface area contributed by atoms with E-state index >= 15 is 0 Å². The molecule has 0 saturated carbocycles. The summed E-state index contributed by atoms with van der Waals surface area (Å²) in [6, 6.07) is 3.62. The number of aliphatic hydroxyl groups excluding tert-OH is 1. The van der Waals surface area contributed by atoms with Crippen molar-refractivity contribution in [2.75, 3.05) is 29.5 Å². The average Bonchev–Trinajstić information content (AvgIpc) is 2.29. The highest BCUT2D eigenvalue weighted by molar-refractivity contribution is 7.91. The van der Waals surface area contributed by atoms with Gasteiger partial charge in [-0.3, -0.25) is 4.98 Å². The van der Waals surface area contributed by atoms with E-state index in [9.17, 15) is 8.42 Å². The number of sulfone groups is 1. The summed E-state index contributed by atoms with van der Waals surface area (Å²) in [4.78, 5) is 5.99. The number of pyridine rings is 1. The Morgan fingerprint density at radius 3 is 2.69 bits per heavy atom. The molecule has 5 nitrogen and oxygen atoms in total. The van der Waals surface area contributed by atoms with Crippen LogP contribution in [0.1, 0.15) is 5.69 Å².